The van der Waals surface area contributed by atoms with Crippen LogP contribution in [0.3, 0.4) is 0 Å². The van der Waals surface area contributed by atoms with E-state index in [2.05, 4.69) is 10.3 Å². The lowest BCUT2D eigenvalue weighted by Crippen LogP contribution is -2.61. The third kappa shape index (κ3) is 7.16. The van der Waals surface area contributed by atoms with Crippen molar-refractivity contribution in [2.24, 2.45) is 5.92 Å². The Labute approximate surface area is 222 Å². The number of nitriles is 1. The number of alkyl halides is 3. The minimum Gasteiger partial charge on any atom is -0.460 e. The van der Waals surface area contributed by atoms with Crippen LogP contribution in [0, 0.1) is 17.2 Å². The Morgan fingerprint density at radius 1 is 1.38 bits per heavy atom. The number of nitrogens with zero attached hydrogens (tertiary/aromatic N) is 3. The van der Waals surface area contributed by atoms with Gasteiger partial charge in [0.1, 0.15) is 24.9 Å². The number of hydrogen-bond donors (Lipinski definition) is 1. The Bertz CT molecular complexity index is 1130. The zero-order valence-corrected chi connectivity index (χ0v) is 22.2. The number of nitrogens with one attached hydrogen (secondary N) is 1. The highest BCUT2D eigenvalue weighted by molar-refractivity contribution is 8.77. The second-order valence-electron chi connectivity index (χ2n) is 7.03. The number of thiazole rings is 1. The van der Waals surface area contributed by atoms with Crippen LogP contribution >= 0.6 is 67.7 Å². The molecule has 2 aromatic rings. The molecule has 1 N–H and O–H groups in total. The van der Waals surface area contributed by atoms with Gasteiger partial charge in [0, 0.05) is 6.20 Å². The fraction of sp³-hybridized carbons (Fsp3) is 0.350. The molecule has 1 saturated heterocycles. The fourth-order valence-corrected chi connectivity index (χ4v) is 7.22. The van der Waals surface area contributed by atoms with E-state index in [1.807, 2.05) is 24.3 Å². The first kappa shape index (κ1) is 26.9. The maximum atomic E-state index is 12.9. The molecule has 0 spiro atoms. The summed E-state index contributed by atoms with van der Waals surface area (Å²) in [5, 5.41) is 10.7. The Hall–Kier alpha value is -1.68. The number of esters is 1. The quantitative estimate of drug-likeness (QED) is 0.197. The molecule has 180 valence electrons. The van der Waals surface area contributed by atoms with Crippen molar-refractivity contribution in [3.05, 3.63) is 36.0 Å². The van der Waals surface area contributed by atoms with Crippen LogP contribution in [0.5, 0.6) is 0 Å². The smallest absolute Gasteiger partial charge is 0.325 e. The van der Waals surface area contributed by atoms with Crippen molar-refractivity contribution in [2.45, 2.75) is 26.9 Å². The van der Waals surface area contributed by atoms with Crippen LogP contribution in [-0.4, -0.2) is 50.0 Å². The van der Waals surface area contributed by atoms with Gasteiger partial charge in [0.2, 0.25) is 15.6 Å². The van der Waals surface area contributed by atoms with Gasteiger partial charge >= 0.3 is 5.97 Å². The molecular weight excluding hydrogens is 563 g/mol. The molecule has 2 heterocycles. The predicted octanol–water partition coefficient (Wildman–Crippen LogP) is 4.67. The van der Waals surface area contributed by atoms with E-state index in [0.717, 1.165) is 14.6 Å². The minimum atomic E-state index is -1.76. The first-order valence-corrected chi connectivity index (χ1v) is 13.8. The number of β-lactam (4-membered cyclic amide) rings is 1. The van der Waals surface area contributed by atoms with Crippen LogP contribution in [0.25, 0.3) is 10.2 Å². The normalized spacial score (nSPS) is 18.4. The molecule has 1 aliphatic heterocycles. The summed E-state index contributed by atoms with van der Waals surface area (Å²) in [6.45, 7) is 0.940. The number of amides is 2. The van der Waals surface area contributed by atoms with Crippen LogP contribution < -0.4 is 5.32 Å². The molecule has 8 nitrogen and oxygen atoms in total. The van der Waals surface area contributed by atoms with E-state index >= 15 is 0 Å². The van der Waals surface area contributed by atoms with E-state index in [1.54, 1.807) is 13.0 Å². The van der Waals surface area contributed by atoms with Crippen molar-refractivity contribution in [3.63, 3.8) is 0 Å². The van der Waals surface area contributed by atoms with Crippen LogP contribution in [0.4, 0.5) is 0 Å². The van der Waals surface area contributed by atoms with Crippen LogP contribution in [0.1, 0.15) is 13.3 Å². The van der Waals surface area contributed by atoms with Gasteiger partial charge in [-0.05, 0) is 35.4 Å². The first-order valence-electron chi connectivity index (χ1n) is 9.64. The lowest BCUT2D eigenvalue weighted by atomic mass is 9.91. The molecule has 0 saturated carbocycles. The number of likely N-dealkylation sites (tertiary alicyclic amines) is 1. The number of halogens is 3. The zero-order valence-electron chi connectivity index (χ0n) is 17.5. The second kappa shape index (κ2) is 11.8. The van der Waals surface area contributed by atoms with E-state index < -0.39 is 33.6 Å². The van der Waals surface area contributed by atoms with E-state index in [9.17, 15) is 14.4 Å². The van der Waals surface area contributed by atoms with Crippen molar-refractivity contribution < 1.29 is 19.1 Å². The Morgan fingerprint density at radius 3 is 2.79 bits per heavy atom. The molecule has 3 rings (SSSR count). The summed E-state index contributed by atoms with van der Waals surface area (Å²) in [6.07, 6.45) is 1.12. The van der Waals surface area contributed by atoms with Gasteiger partial charge in [0.15, 0.2) is 4.34 Å². The number of carbonyl (C=O) groups excluding carboxylic acids is 3. The SMILES string of the molecule is CC(=CNC(=O)CC#N)C1C(=O)N(CC(=O)OCC(Cl)(Cl)Cl)C1SSc1nc2ccccc2s1. The highest BCUT2D eigenvalue weighted by Gasteiger charge is 2.49. The molecule has 2 atom stereocenters. The highest BCUT2D eigenvalue weighted by atomic mass is 35.6. The Balaban J connectivity index is 1.71. The van der Waals surface area contributed by atoms with Gasteiger partial charge < -0.3 is 15.0 Å². The topological polar surface area (TPSA) is 112 Å². The summed E-state index contributed by atoms with van der Waals surface area (Å²) in [7, 11) is 2.76. The van der Waals surface area contributed by atoms with Gasteiger partial charge in [-0.25, -0.2) is 4.98 Å². The van der Waals surface area contributed by atoms with Crippen molar-refractivity contribution in [2.75, 3.05) is 13.2 Å². The summed E-state index contributed by atoms with van der Waals surface area (Å²) in [4.78, 5) is 42.6. The lowest BCUT2D eigenvalue weighted by Gasteiger charge is -2.46. The molecule has 2 amide bonds. The van der Waals surface area contributed by atoms with Gasteiger partial charge in [-0.3, -0.25) is 14.4 Å². The van der Waals surface area contributed by atoms with Crippen LogP contribution in [0.15, 0.2) is 40.4 Å². The number of rotatable bonds is 9. The number of fused-ring (bicyclic) bond motifs is 1. The maximum absolute atomic E-state index is 12.9. The Kier molecular flexibility index (Phi) is 9.37. The summed E-state index contributed by atoms with van der Waals surface area (Å²) in [5.41, 5.74) is 1.46. The van der Waals surface area contributed by atoms with Crippen molar-refractivity contribution in [3.8, 4) is 6.07 Å². The van der Waals surface area contributed by atoms with Gasteiger partial charge in [0.25, 0.3) is 0 Å². The average molecular weight is 580 g/mol. The first-order chi connectivity index (χ1) is 16.1. The molecule has 0 radical (unpaired) electrons. The third-order valence-electron chi connectivity index (χ3n) is 4.52. The largest absolute Gasteiger partial charge is 0.460 e. The molecule has 2 unspecified atom stereocenters. The van der Waals surface area contributed by atoms with E-state index in [4.69, 9.17) is 44.8 Å². The maximum Gasteiger partial charge on any atom is 0.325 e. The molecule has 1 aromatic carbocycles. The predicted molar refractivity (Wildman–Crippen MR) is 135 cm³/mol. The molecule has 14 heteroatoms. The standard InChI is InChI=1S/C20H17Cl3N4O4S3/c1-11(8-25-14(28)6-7-24)16-17(30)27(9-15(29)31-10-20(21,22)23)18(16)33-34-19-26-12-4-2-3-5-13(12)32-19/h2-5,8,16,18H,6,9-10H2,1H3,(H,25,28). The number of hydrogen-bond acceptors (Lipinski definition) is 9. The number of carbonyl (C=O) groups is 3. The molecule has 1 aromatic heterocycles. The second-order valence-corrected chi connectivity index (χ2v) is 13.1. The van der Waals surface area contributed by atoms with Crippen molar-refractivity contribution in [1.29, 1.82) is 5.26 Å². The minimum absolute atomic E-state index is 0.296. The molecule has 0 aliphatic carbocycles. The fourth-order valence-electron chi connectivity index (χ4n) is 2.95. The summed E-state index contributed by atoms with van der Waals surface area (Å²) in [6, 6.07) is 9.49. The van der Waals surface area contributed by atoms with E-state index in [0.29, 0.717) is 5.57 Å². The van der Waals surface area contributed by atoms with Crippen LogP contribution in [0.2, 0.25) is 0 Å². The van der Waals surface area contributed by atoms with E-state index in [-0.39, 0.29) is 18.9 Å². The van der Waals surface area contributed by atoms with E-state index in [1.165, 1.54) is 44.0 Å². The highest BCUT2D eigenvalue weighted by Crippen LogP contribution is 2.48. The summed E-state index contributed by atoms with van der Waals surface area (Å²) in [5.74, 6) is -2.08. The molecule has 1 aliphatic rings. The van der Waals surface area contributed by atoms with Crippen LogP contribution in [-0.2, 0) is 19.1 Å². The summed E-state index contributed by atoms with van der Waals surface area (Å²) < 4.78 is 5.04. The number of benzene rings is 1. The molecular formula is C20H17Cl3N4O4S3. The number of para-hydroxylation sites is 1. The van der Waals surface area contributed by atoms with Gasteiger partial charge in [-0.2, -0.15) is 5.26 Å². The molecule has 1 fully saturated rings. The van der Waals surface area contributed by atoms with Gasteiger partial charge in [-0.1, -0.05) is 57.7 Å². The monoisotopic (exact) mass is 578 g/mol. The zero-order chi connectivity index (χ0) is 24.9. The van der Waals surface area contributed by atoms with Gasteiger partial charge in [0.05, 0.1) is 22.2 Å². The van der Waals surface area contributed by atoms with Gasteiger partial charge in [-0.15, -0.1) is 11.3 Å². The Morgan fingerprint density at radius 2 is 2.12 bits per heavy atom. The third-order valence-corrected chi connectivity index (χ3v) is 8.90. The average Bonchev–Trinajstić information content (AvgIpc) is 3.19. The molecule has 0 bridgehead atoms. The summed E-state index contributed by atoms with van der Waals surface area (Å²) >= 11 is 18.4. The number of ether oxygens (including phenoxy) is 1. The lowest BCUT2D eigenvalue weighted by molar-refractivity contribution is -0.158. The van der Waals surface area contributed by atoms with Crippen molar-refractivity contribution >= 4 is 95.7 Å². The van der Waals surface area contributed by atoms with Crippen molar-refractivity contribution in [1.82, 2.24) is 15.2 Å². The molecule has 34 heavy (non-hydrogen) atoms. The number of aromatic nitrogens is 1.